The van der Waals surface area contributed by atoms with E-state index in [4.69, 9.17) is 9.47 Å². The van der Waals surface area contributed by atoms with E-state index in [1.54, 1.807) is 18.4 Å². The first-order chi connectivity index (χ1) is 12.2. The van der Waals surface area contributed by atoms with Crippen molar-refractivity contribution >= 4 is 17.3 Å². The Morgan fingerprint density at radius 3 is 2.44 bits per heavy atom. The van der Waals surface area contributed by atoms with Gasteiger partial charge in [-0.1, -0.05) is 36.4 Å². The van der Waals surface area contributed by atoms with Crippen LogP contribution in [-0.4, -0.2) is 20.2 Å². The van der Waals surface area contributed by atoms with Crippen molar-refractivity contribution in [3.63, 3.8) is 0 Å². The lowest BCUT2D eigenvalue weighted by atomic mass is 9.92. The highest BCUT2D eigenvalue weighted by atomic mass is 32.1. The summed E-state index contributed by atoms with van der Waals surface area (Å²) < 4.78 is 10.7. The van der Waals surface area contributed by atoms with Crippen molar-refractivity contribution in [1.82, 2.24) is 0 Å². The van der Waals surface area contributed by atoms with Crippen molar-refractivity contribution in [3.8, 4) is 11.1 Å². The number of carbonyl (C=O) groups is 1. The Hall–Kier alpha value is -2.43. The smallest absolute Gasteiger partial charge is 0.338 e. The molecule has 0 bridgehead atoms. The summed E-state index contributed by atoms with van der Waals surface area (Å²) in [6.45, 7) is 2.04. The lowest BCUT2D eigenvalue weighted by Crippen LogP contribution is -2.07. The van der Waals surface area contributed by atoms with Gasteiger partial charge in [0.25, 0.3) is 0 Å². The molecule has 0 radical (unpaired) electrons. The third-order valence-electron chi connectivity index (χ3n) is 4.22. The molecule has 3 rings (SSSR count). The molecule has 0 aliphatic carbocycles. The number of ether oxygens (including phenoxy) is 2. The molecule has 1 heterocycles. The SMILES string of the molecule is COC(=O)c1ccc(C(OC)c2cccs2)cc1-c1ccccc1C. The lowest BCUT2D eigenvalue weighted by molar-refractivity contribution is 0.0601. The van der Waals surface area contributed by atoms with E-state index in [2.05, 4.69) is 6.07 Å². The lowest BCUT2D eigenvalue weighted by Gasteiger charge is -2.18. The van der Waals surface area contributed by atoms with Gasteiger partial charge in [-0.2, -0.15) is 0 Å². The average molecular weight is 352 g/mol. The Balaban J connectivity index is 2.16. The van der Waals surface area contributed by atoms with Gasteiger partial charge >= 0.3 is 5.97 Å². The normalized spacial score (nSPS) is 12.0. The minimum atomic E-state index is -0.338. The molecule has 0 aliphatic heterocycles. The van der Waals surface area contributed by atoms with Gasteiger partial charge in [0.2, 0.25) is 0 Å². The summed E-state index contributed by atoms with van der Waals surface area (Å²) in [4.78, 5) is 13.4. The summed E-state index contributed by atoms with van der Waals surface area (Å²) in [7, 11) is 3.10. The van der Waals surface area contributed by atoms with E-state index in [-0.39, 0.29) is 12.1 Å². The molecule has 1 atom stereocenters. The number of hydrogen-bond donors (Lipinski definition) is 0. The average Bonchev–Trinajstić information content (AvgIpc) is 3.16. The molecule has 0 fully saturated rings. The molecular formula is C21H20O3S. The van der Waals surface area contributed by atoms with Crippen LogP contribution >= 0.6 is 11.3 Å². The molecule has 25 heavy (non-hydrogen) atoms. The highest BCUT2D eigenvalue weighted by molar-refractivity contribution is 7.10. The van der Waals surface area contributed by atoms with Crippen LogP contribution in [-0.2, 0) is 9.47 Å². The molecule has 0 N–H and O–H groups in total. The number of hydrogen-bond acceptors (Lipinski definition) is 4. The van der Waals surface area contributed by atoms with Crippen molar-refractivity contribution < 1.29 is 14.3 Å². The number of methoxy groups -OCH3 is 2. The first kappa shape index (κ1) is 17.4. The molecule has 0 aliphatic rings. The highest BCUT2D eigenvalue weighted by Gasteiger charge is 2.20. The van der Waals surface area contributed by atoms with E-state index in [9.17, 15) is 4.79 Å². The Morgan fingerprint density at radius 1 is 1.00 bits per heavy atom. The van der Waals surface area contributed by atoms with Crippen molar-refractivity contribution in [2.24, 2.45) is 0 Å². The van der Waals surface area contributed by atoms with E-state index >= 15 is 0 Å². The van der Waals surface area contributed by atoms with E-state index in [1.165, 1.54) is 7.11 Å². The maximum Gasteiger partial charge on any atom is 0.338 e. The molecule has 1 aromatic heterocycles. The number of carbonyl (C=O) groups excluding carboxylic acids is 1. The fraction of sp³-hybridized carbons (Fsp3) is 0.190. The van der Waals surface area contributed by atoms with E-state index in [0.717, 1.165) is 27.1 Å². The summed E-state index contributed by atoms with van der Waals surface area (Å²) in [5.74, 6) is -0.338. The van der Waals surface area contributed by atoms with Crippen LogP contribution < -0.4 is 0 Å². The van der Waals surface area contributed by atoms with Crippen LogP contribution in [0.4, 0.5) is 0 Å². The molecule has 0 saturated heterocycles. The monoisotopic (exact) mass is 352 g/mol. The zero-order chi connectivity index (χ0) is 17.8. The van der Waals surface area contributed by atoms with Gasteiger partial charge in [-0.25, -0.2) is 4.79 Å². The molecule has 128 valence electrons. The fourth-order valence-corrected chi connectivity index (χ4v) is 3.80. The molecule has 3 nitrogen and oxygen atoms in total. The van der Waals surface area contributed by atoms with Gasteiger partial charge in [-0.15, -0.1) is 11.3 Å². The number of esters is 1. The zero-order valence-corrected chi connectivity index (χ0v) is 15.3. The quantitative estimate of drug-likeness (QED) is 0.589. The molecular weight excluding hydrogens is 332 g/mol. The fourth-order valence-electron chi connectivity index (χ4n) is 2.97. The summed E-state index contributed by atoms with van der Waals surface area (Å²) in [5.41, 5.74) is 4.55. The number of aryl methyl sites for hydroxylation is 1. The van der Waals surface area contributed by atoms with E-state index in [0.29, 0.717) is 5.56 Å². The number of benzene rings is 2. The van der Waals surface area contributed by atoms with Crippen LogP contribution in [0.25, 0.3) is 11.1 Å². The minimum Gasteiger partial charge on any atom is -0.465 e. The van der Waals surface area contributed by atoms with Crippen LogP contribution in [0.3, 0.4) is 0 Å². The van der Waals surface area contributed by atoms with E-state index in [1.807, 2.05) is 60.8 Å². The van der Waals surface area contributed by atoms with Gasteiger partial charge in [0, 0.05) is 12.0 Å². The highest BCUT2D eigenvalue weighted by Crippen LogP contribution is 2.34. The van der Waals surface area contributed by atoms with E-state index < -0.39 is 0 Å². The van der Waals surface area contributed by atoms with Crippen LogP contribution in [0.1, 0.15) is 32.5 Å². The van der Waals surface area contributed by atoms with Crippen molar-refractivity contribution in [1.29, 1.82) is 0 Å². The number of rotatable bonds is 5. The standard InChI is InChI=1S/C21H20O3S/c1-14-7-4-5-8-16(14)18-13-15(10-11-17(18)21(22)24-3)20(23-2)19-9-6-12-25-19/h4-13,20H,1-3H3. The topological polar surface area (TPSA) is 35.5 Å². The van der Waals surface area contributed by atoms with Gasteiger partial charge in [0.15, 0.2) is 0 Å². The zero-order valence-electron chi connectivity index (χ0n) is 14.5. The predicted octanol–water partition coefficient (Wildman–Crippen LogP) is 5.25. The van der Waals surface area contributed by atoms with Gasteiger partial charge in [-0.3, -0.25) is 0 Å². The largest absolute Gasteiger partial charge is 0.465 e. The molecule has 0 saturated carbocycles. The summed E-state index contributed by atoms with van der Waals surface area (Å²) >= 11 is 1.65. The maximum absolute atomic E-state index is 12.2. The Bertz CT molecular complexity index is 869. The second-order valence-corrected chi connectivity index (χ2v) is 6.72. The maximum atomic E-state index is 12.2. The van der Waals surface area contributed by atoms with Gasteiger partial charge in [0.05, 0.1) is 12.7 Å². The molecule has 0 amide bonds. The summed E-state index contributed by atoms with van der Waals surface area (Å²) in [6, 6.07) is 17.9. The molecule has 4 heteroatoms. The molecule has 0 spiro atoms. The second-order valence-electron chi connectivity index (χ2n) is 5.74. The van der Waals surface area contributed by atoms with Crippen molar-refractivity contribution in [3.05, 3.63) is 81.5 Å². The first-order valence-corrected chi connectivity index (χ1v) is 8.88. The Morgan fingerprint density at radius 2 is 1.80 bits per heavy atom. The number of thiophene rings is 1. The second kappa shape index (κ2) is 7.64. The van der Waals surface area contributed by atoms with Gasteiger partial charge in [0.1, 0.15) is 6.10 Å². The minimum absolute atomic E-state index is 0.158. The van der Waals surface area contributed by atoms with Gasteiger partial charge in [-0.05, 0) is 52.8 Å². The van der Waals surface area contributed by atoms with Crippen LogP contribution in [0, 0.1) is 6.92 Å². The van der Waals surface area contributed by atoms with Crippen molar-refractivity contribution in [2.45, 2.75) is 13.0 Å². The third-order valence-corrected chi connectivity index (χ3v) is 5.14. The summed E-state index contributed by atoms with van der Waals surface area (Å²) in [6.07, 6.45) is -0.158. The Labute approximate surface area is 151 Å². The predicted molar refractivity (Wildman–Crippen MR) is 101 cm³/mol. The molecule has 3 aromatic rings. The van der Waals surface area contributed by atoms with Crippen LogP contribution in [0.15, 0.2) is 60.0 Å². The summed E-state index contributed by atoms with van der Waals surface area (Å²) in [5, 5.41) is 2.03. The molecule has 1 unspecified atom stereocenters. The first-order valence-electron chi connectivity index (χ1n) is 8.00. The van der Waals surface area contributed by atoms with Gasteiger partial charge < -0.3 is 9.47 Å². The van der Waals surface area contributed by atoms with Crippen LogP contribution in [0.2, 0.25) is 0 Å². The van der Waals surface area contributed by atoms with Crippen LogP contribution in [0.5, 0.6) is 0 Å². The molecule has 2 aromatic carbocycles. The third kappa shape index (κ3) is 3.50. The van der Waals surface area contributed by atoms with Crippen molar-refractivity contribution in [2.75, 3.05) is 14.2 Å². The Kier molecular flexibility index (Phi) is 5.31.